The van der Waals surface area contributed by atoms with Gasteiger partial charge in [0, 0.05) is 24.5 Å². The molecule has 162 valence electrons. The van der Waals surface area contributed by atoms with Crippen LogP contribution >= 0.6 is 11.6 Å². The molecule has 2 aromatic rings. The first-order valence-electron chi connectivity index (χ1n) is 10.4. The third-order valence-electron chi connectivity index (χ3n) is 4.78. The second-order valence-corrected chi connectivity index (χ2v) is 7.82. The molecule has 6 heteroatoms. The maximum Gasteiger partial charge on any atom is 0.242 e. The lowest BCUT2D eigenvalue weighted by Crippen LogP contribution is -2.47. The molecule has 1 unspecified atom stereocenters. The zero-order chi connectivity index (χ0) is 21.9. The van der Waals surface area contributed by atoms with Gasteiger partial charge in [-0.15, -0.1) is 0 Å². The van der Waals surface area contributed by atoms with Crippen LogP contribution in [0, 0.1) is 6.92 Å². The third-order valence-corrected chi connectivity index (χ3v) is 5.02. The van der Waals surface area contributed by atoms with Crippen LogP contribution in [0.1, 0.15) is 44.2 Å². The van der Waals surface area contributed by atoms with Crippen molar-refractivity contribution in [2.75, 3.05) is 13.2 Å². The Morgan fingerprint density at radius 1 is 1.17 bits per heavy atom. The number of carbonyl (C=O) groups excluding carboxylic acids is 2. The standard InChI is InChI=1S/C24H31ClN2O3/c1-4-14-26-24(29)19(3)27(17-20-7-5-8-21(25)16-20)23(28)9-6-15-30-22-12-10-18(2)11-13-22/h5,7-8,10-13,16,19H,4,6,9,14-15,17H2,1-3H3,(H,26,29). The van der Waals surface area contributed by atoms with Gasteiger partial charge in [-0.2, -0.15) is 0 Å². The van der Waals surface area contributed by atoms with Crippen molar-refractivity contribution in [3.8, 4) is 5.75 Å². The van der Waals surface area contributed by atoms with E-state index in [1.165, 1.54) is 5.56 Å². The molecule has 0 aliphatic heterocycles. The molecule has 2 aromatic carbocycles. The summed E-state index contributed by atoms with van der Waals surface area (Å²) in [6, 6.07) is 14.6. The van der Waals surface area contributed by atoms with Crippen LogP contribution in [-0.2, 0) is 16.1 Å². The summed E-state index contributed by atoms with van der Waals surface area (Å²) in [5, 5.41) is 3.48. The van der Waals surface area contributed by atoms with Gasteiger partial charge in [-0.1, -0.05) is 48.4 Å². The largest absolute Gasteiger partial charge is 0.494 e. The van der Waals surface area contributed by atoms with Gasteiger partial charge in [-0.3, -0.25) is 9.59 Å². The van der Waals surface area contributed by atoms with Crippen LogP contribution in [0.25, 0.3) is 0 Å². The second kappa shape index (κ2) is 12.2. The fourth-order valence-corrected chi connectivity index (χ4v) is 3.21. The molecule has 0 bridgehead atoms. The highest BCUT2D eigenvalue weighted by Crippen LogP contribution is 2.16. The summed E-state index contributed by atoms with van der Waals surface area (Å²) in [6.07, 6.45) is 1.72. The molecule has 30 heavy (non-hydrogen) atoms. The minimum Gasteiger partial charge on any atom is -0.494 e. The van der Waals surface area contributed by atoms with Crippen molar-refractivity contribution >= 4 is 23.4 Å². The maximum absolute atomic E-state index is 13.0. The molecule has 2 amide bonds. The van der Waals surface area contributed by atoms with Crippen molar-refractivity contribution in [1.29, 1.82) is 0 Å². The lowest BCUT2D eigenvalue weighted by Gasteiger charge is -2.29. The molecule has 5 nitrogen and oxygen atoms in total. The number of carbonyl (C=O) groups is 2. The Labute approximate surface area is 184 Å². The van der Waals surface area contributed by atoms with Crippen LogP contribution in [-0.4, -0.2) is 35.9 Å². The summed E-state index contributed by atoms with van der Waals surface area (Å²) >= 11 is 6.09. The predicted octanol–water partition coefficient (Wildman–Crippen LogP) is 4.75. The third kappa shape index (κ3) is 7.71. The molecule has 0 aliphatic carbocycles. The number of halogens is 1. The molecule has 0 saturated heterocycles. The normalized spacial score (nSPS) is 11.6. The van der Waals surface area contributed by atoms with E-state index in [2.05, 4.69) is 5.32 Å². The fourth-order valence-electron chi connectivity index (χ4n) is 3.00. The maximum atomic E-state index is 13.0. The summed E-state index contributed by atoms with van der Waals surface area (Å²) < 4.78 is 5.72. The van der Waals surface area contributed by atoms with Gasteiger partial charge in [0.2, 0.25) is 11.8 Å². The minimum atomic E-state index is -0.568. The Hall–Kier alpha value is -2.53. The number of rotatable bonds is 11. The zero-order valence-corrected chi connectivity index (χ0v) is 18.7. The Bertz CT molecular complexity index is 823. The first-order chi connectivity index (χ1) is 14.4. The molecule has 2 rings (SSSR count). The van der Waals surface area contributed by atoms with Gasteiger partial charge in [-0.05, 0) is 56.5 Å². The summed E-state index contributed by atoms with van der Waals surface area (Å²) in [5.41, 5.74) is 2.06. The lowest BCUT2D eigenvalue weighted by molar-refractivity contribution is -0.140. The van der Waals surface area contributed by atoms with Crippen molar-refractivity contribution in [1.82, 2.24) is 10.2 Å². The Balaban J connectivity index is 1.97. The van der Waals surface area contributed by atoms with Crippen LogP contribution in [0.2, 0.25) is 5.02 Å². The molecular weight excluding hydrogens is 400 g/mol. The number of aryl methyl sites for hydroxylation is 1. The van der Waals surface area contributed by atoms with E-state index in [0.29, 0.717) is 37.6 Å². The van der Waals surface area contributed by atoms with E-state index < -0.39 is 6.04 Å². The SMILES string of the molecule is CCCNC(=O)C(C)N(Cc1cccc(Cl)c1)C(=O)CCCOc1ccc(C)cc1. The van der Waals surface area contributed by atoms with E-state index >= 15 is 0 Å². The van der Waals surface area contributed by atoms with Gasteiger partial charge in [0.1, 0.15) is 11.8 Å². The highest BCUT2D eigenvalue weighted by molar-refractivity contribution is 6.30. The average Bonchev–Trinajstić information content (AvgIpc) is 2.74. The van der Waals surface area contributed by atoms with Crippen molar-refractivity contribution in [3.63, 3.8) is 0 Å². The molecule has 1 atom stereocenters. The zero-order valence-electron chi connectivity index (χ0n) is 18.0. The summed E-state index contributed by atoms with van der Waals surface area (Å²) in [4.78, 5) is 27.1. The number of benzene rings is 2. The minimum absolute atomic E-state index is 0.0818. The predicted molar refractivity (Wildman–Crippen MR) is 121 cm³/mol. The number of nitrogens with zero attached hydrogens (tertiary/aromatic N) is 1. The van der Waals surface area contributed by atoms with E-state index in [0.717, 1.165) is 17.7 Å². The number of nitrogens with one attached hydrogen (secondary N) is 1. The topological polar surface area (TPSA) is 58.6 Å². The van der Waals surface area contributed by atoms with Crippen LogP contribution < -0.4 is 10.1 Å². The summed E-state index contributed by atoms with van der Waals surface area (Å²) in [7, 11) is 0. The number of hydrogen-bond donors (Lipinski definition) is 1. The van der Waals surface area contributed by atoms with Gasteiger partial charge in [-0.25, -0.2) is 0 Å². The first kappa shape index (κ1) is 23.7. The summed E-state index contributed by atoms with van der Waals surface area (Å²) in [6.45, 7) is 7.14. The monoisotopic (exact) mass is 430 g/mol. The van der Waals surface area contributed by atoms with Crippen LogP contribution in [0.4, 0.5) is 0 Å². The molecule has 0 radical (unpaired) electrons. The number of hydrogen-bond acceptors (Lipinski definition) is 3. The highest BCUT2D eigenvalue weighted by Gasteiger charge is 2.25. The van der Waals surface area contributed by atoms with Gasteiger partial charge in [0.05, 0.1) is 6.61 Å². The number of ether oxygens (including phenoxy) is 1. The number of amides is 2. The lowest BCUT2D eigenvalue weighted by atomic mass is 10.1. The van der Waals surface area contributed by atoms with E-state index in [1.807, 2.05) is 56.3 Å². The fraction of sp³-hybridized carbons (Fsp3) is 0.417. The van der Waals surface area contributed by atoms with E-state index in [4.69, 9.17) is 16.3 Å². The van der Waals surface area contributed by atoms with Crippen molar-refractivity contribution in [2.24, 2.45) is 0 Å². The molecule has 0 aromatic heterocycles. The second-order valence-electron chi connectivity index (χ2n) is 7.38. The van der Waals surface area contributed by atoms with Gasteiger partial charge < -0.3 is 15.0 Å². The average molecular weight is 431 g/mol. The molecule has 0 aliphatic rings. The van der Waals surface area contributed by atoms with Crippen LogP contribution in [0.15, 0.2) is 48.5 Å². The Kier molecular flexibility index (Phi) is 9.68. The molecule has 0 spiro atoms. The van der Waals surface area contributed by atoms with Crippen LogP contribution in [0.5, 0.6) is 5.75 Å². The smallest absolute Gasteiger partial charge is 0.242 e. The molecule has 0 heterocycles. The van der Waals surface area contributed by atoms with Crippen molar-refractivity contribution in [2.45, 2.75) is 52.6 Å². The Morgan fingerprint density at radius 2 is 1.90 bits per heavy atom. The molecule has 0 saturated carbocycles. The van der Waals surface area contributed by atoms with Crippen molar-refractivity contribution in [3.05, 3.63) is 64.7 Å². The molecular formula is C24H31ClN2O3. The van der Waals surface area contributed by atoms with E-state index in [-0.39, 0.29) is 11.8 Å². The highest BCUT2D eigenvalue weighted by atomic mass is 35.5. The van der Waals surface area contributed by atoms with Crippen molar-refractivity contribution < 1.29 is 14.3 Å². The van der Waals surface area contributed by atoms with E-state index in [1.54, 1.807) is 17.9 Å². The summed E-state index contributed by atoms with van der Waals surface area (Å²) in [5.74, 6) is 0.556. The van der Waals surface area contributed by atoms with Crippen LogP contribution in [0.3, 0.4) is 0 Å². The quantitative estimate of drug-likeness (QED) is 0.523. The Morgan fingerprint density at radius 3 is 2.57 bits per heavy atom. The van der Waals surface area contributed by atoms with Gasteiger partial charge >= 0.3 is 0 Å². The first-order valence-corrected chi connectivity index (χ1v) is 10.8. The molecule has 0 fully saturated rings. The van der Waals surface area contributed by atoms with Gasteiger partial charge in [0.25, 0.3) is 0 Å². The molecule has 1 N–H and O–H groups in total. The van der Waals surface area contributed by atoms with Gasteiger partial charge in [0.15, 0.2) is 0 Å². The van der Waals surface area contributed by atoms with E-state index in [9.17, 15) is 9.59 Å².